The standard InChI is InChI=1S/C11H22O2/c1-9(2)5-6-11(12)7-10(3)8-13-4/h9-10H,5-8H2,1-4H3. The van der Waals surface area contributed by atoms with Crippen molar-refractivity contribution in [3.63, 3.8) is 0 Å². The monoisotopic (exact) mass is 186 g/mol. The van der Waals surface area contributed by atoms with E-state index in [1.165, 1.54) is 0 Å². The maximum atomic E-state index is 11.4. The summed E-state index contributed by atoms with van der Waals surface area (Å²) >= 11 is 0. The summed E-state index contributed by atoms with van der Waals surface area (Å²) in [7, 11) is 1.68. The Morgan fingerprint density at radius 2 is 1.92 bits per heavy atom. The molecule has 0 spiro atoms. The van der Waals surface area contributed by atoms with Crippen LogP contribution in [0, 0.1) is 11.8 Å². The molecule has 0 saturated carbocycles. The number of hydrogen-bond donors (Lipinski definition) is 0. The van der Waals surface area contributed by atoms with Crippen LogP contribution in [-0.2, 0) is 9.53 Å². The van der Waals surface area contributed by atoms with Gasteiger partial charge < -0.3 is 4.74 Å². The average Bonchev–Trinajstić information content (AvgIpc) is 2.01. The molecule has 0 amide bonds. The van der Waals surface area contributed by atoms with Gasteiger partial charge in [0, 0.05) is 26.6 Å². The Bertz CT molecular complexity index is 141. The van der Waals surface area contributed by atoms with E-state index in [4.69, 9.17) is 4.74 Å². The molecule has 0 aromatic rings. The molecule has 0 bridgehead atoms. The maximum absolute atomic E-state index is 11.4. The van der Waals surface area contributed by atoms with Gasteiger partial charge in [0.05, 0.1) is 0 Å². The first-order chi connectivity index (χ1) is 6.06. The molecule has 0 radical (unpaired) electrons. The number of hydrogen-bond acceptors (Lipinski definition) is 2. The topological polar surface area (TPSA) is 26.3 Å². The normalized spacial score (nSPS) is 13.3. The van der Waals surface area contributed by atoms with E-state index in [0.29, 0.717) is 30.6 Å². The van der Waals surface area contributed by atoms with Crippen molar-refractivity contribution >= 4 is 5.78 Å². The zero-order valence-corrected chi connectivity index (χ0v) is 9.30. The van der Waals surface area contributed by atoms with E-state index in [1.807, 2.05) is 0 Å². The third-order valence-corrected chi connectivity index (χ3v) is 2.03. The first kappa shape index (κ1) is 12.6. The first-order valence-electron chi connectivity index (χ1n) is 5.06. The summed E-state index contributed by atoms with van der Waals surface area (Å²) in [6.07, 6.45) is 2.41. The third-order valence-electron chi connectivity index (χ3n) is 2.03. The van der Waals surface area contributed by atoms with Gasteiger partial charge in [-0.25, -0.2) is 0 Å². The second-order valence-corrected chi connectivity index (χ2v) is 4.24. The van der Waals surface area contributed by atoms with Crippen LogP contribution in [0.25, 0.3) is 0 Å². The highest BCUT2D eigenvalue weighted by Crippen LogP contribution is 2.09. The summed E-state index contributed by atoms with van der Waals surface area (Å²) in [6, 6.07) is 0. The van der Waals surface area contributed by atoms with Gasteiger partial charge in [0.25, 0.3) is 0 Å². The van der Waals surface area contributed by atoms with Gasteiger partial charge in [-0.1, -0.05) is 20.8 Å². The van der Waals surface area contributed by atoms with E-state index in [1.54, 1.807) is 7.11 Å². The van der Waals surface area contributed by atoms with E-state index < -0.39 is 0 Å². The molecule has 78 valence electrons. The molecule has 13 heavy (non-hydrogen) atoms. The number of methoxy groups -OCH3 is 1. The largest absolute Gasteiger partial charge is 0.384 e. The second-order valence-electron chi connectivity index (χ2n) is 4.24. The van der Waals surface area contributed by atoms with Gasteiger partial charge in [0.1, 0.15) is 5.78 Å². The summed E-state index contributed by atoms with van der Waals surface area (Å²) < 4.78 is 4.98. The van der Waals surface area contributed by atoms with Crippen LogP contribution < -0.4 is 0 Å². The molecule has 0 aliphatic rings. The number of carbonyl (C=O) groups excluding carboxylic acids is 1. The van der Waals surface area contributed by atoms with Crippen molar-refractivity contribution in [3.8, 4) is 0 Å². The second kappa shape index (κ2) is 7.07. The predicted octanol–water partition coefficient (Wildman–Crippen LogP) is 2.66. The Labute approximate surface area is 81.7 Å². The minimum atomic E-state index is 0.365. The molecular formula is C11H22O2. The summed E-state index contributed by atoms with van der Waals surface area (Å²) in [5, 5.41) is 0. The van der Waals surface area contributed by atoms with Gasteiger partial charge >= 0.3 is 0 Å². The summed E-state index contributed by atoms with van der Waals surface area (Å²) in [5.74, 6) is 1.37. The highest BCUT2D eigenvalue weighted by Gasteiger charge is 2.09. The number of rotatable bonds is 7. The Kier molecular flexibility index (Phi) is 6.87. The molecule has 0 aromatic carbocycles. The van der Waals surface area contributed by atoms with Gasteiger partial charge in [-0.3, -0.25) is 4.79 Å². The van der Waals surface area contributed by atoms with E-state index in [0.717, 1.165) is 12.8 Å². The molecular weight excluding hydrogens is 164 g/mol. The van der Waals surface area contributed by atoms with E-state index in [-0.39, 0.29) is 0 Å². The molecule has 0 saturated heterocycles. The van der Waals surface area contributed by atoms with Crippen molar-refractivity contribution in [1.29, 1.82) is 0 Å². The highest BCUT2D eigenvalue weighted by molar-refractivity contribution is 5.78. The molecule has 2 nitrogen and oxygen atoms in total. The quantitative estimate of drug-likeness (QED) is 0.611. The average molecular weight is 186 g/mol. The van der Waals surface area contributed by atoms with E-state index in [9.17, 15) is 4.79 Å². The Morgan fingerprint density at radius 1 is 1.31 bits per heavy atom. The zero-order valence-electron chi connectivity index (χ0n) is 9.30. The van der Waals surface area contributed by atoms with Gasteiger partial charge in [0.15, 0.2) is 0 Å². The molecule has 0 aromatic heterocycles. The van der Waals surface area contributed by atoms with Gasteiger partial charge in [-0.05, 0) is 18.3 Å². The molecule has 0 aliphatic heterocycles. The van der Waals surface area contributed by atoms with Crippen molar-refractivity contribution in [3.05, 3.63) is 0 Å². The van der Waals surface area contributed by atoms with Crippen LogP contribution in [0.5, 0.6) is 0 Å². The lowest BCUT2D eigenvalue weighted by Crippen LogP contribution is -2.10. The highest BCUT2D eigenvalue weighted by atomic mass is 16.5. The smallest absolute Gasteiger partial charge is 0.133 e. The molecule has 0 rings (SSSR count). The van der Waals surface area contributed by atoms with Crippen molar-refractivity contribution in [1.82, 2.24) is 0 Å². The van der Waals surface area contributed by atoms with Crippen LogP contribution in [0.1, 0.15) is 40.0 Å². The summed E-state index contributed by atoms with van der Waals surface area (Å²) in [5.41, 5.74) is 0. The Morgan fingerprint density at radius 3 is 2.38 bits per heavy atom. The molecule has 0 heterocycles. The number of Topliss-reactive ketones (excluding diaryl/α,β-unsaturated/α-hetero) is 1. The van der Waals surface area contributed by atoms with Crippen molar-refractivity contribution in [2.24, 2.45) is 11.8 Å². The maximum Gasteiger partial charge on any atom is 0.133 e. The van der Waals surface area contributed by atoms with Gasteiger partial charge in [0.2, 0.25) is 0 Å². The lowest BCUT2D eigenvalue weighted by Gasteiger charge is -2.09. The predicted molar refractivity (Wildman–Crippen MR) is 54.7 cm³/mol. The number of carbonyl (C=O) groups is 1. The molecule has 1 atom stereocenters. The van der Waals surface area contributed by atoms with Crippen LogP contribution in [0.4, 0.5) is 0 Å². The fourth-order valence-corrected chi connectivity index (χ4v) is 1.28. The fraction of sp³-hybridized carbons (Fsp3) is 0.909. The lowest BCUT2D eigenvalue weighted by atomic mass is 9.99. The molecule has 0 fully saturated rings. The number of ether oxygens (including phenoxy) is 1. The Balaban J connectivity index is 3.50. The summed E-state index contributed by atoms with van der Waals surface area (Å²) in [6.45, 7) is 7.03. The summed E-state index contributed by atoms with van der Waals surface area (Å²) in [4.78, 5) is 11.4. The lowest BCUT2D eigenvalue weighted by molar-refractivity contribution is -0.120. The third kappa shape index (κ3) is 7.97. The minimum absolute atomic E-state index is 0.365. The van der Waals surface area contributed by atoms with Crippen molar-refractivity contribution < 1.29 is 9.53 Å². The van der Waals surface area contributed by atoms with Crippen LogP contribution >= 0.6 is 0 Å². The van der Waals surface area contributed by atoms with Crippen LogP contribution in [0.2, 0.25) is 0 Å². The minimum Gasteiger partial charge on any atom is -0.384 e. The van der Waals surface area contributed by atoms with Crippen LogP contribution in [0.15, 0.2) is 0 Å². The van der Waals surface area contributed by atoms with Gasteiger partial charge in [-0.15, -0.1) is 0 Å². The first-order valence-corrected chi connectivity index (χ1v) is 5.06. The van der Waals surface area contributed by atoms with Gasteiger partial charge in [-0.2, -0.15) is 0 Å². The van der Waals surface area contributed by atoms with E-state index in [2.05, 4.69) is 20.8 Å². The SMILES string of the molecule is COCC(C)CC(=O)CCC(C)C. The molecule has 0 N–H and O–H groups in total. The van der Waals surface area contributed by atoms with Crippen molar-refractivity contribution in [2.45, 2.75) is 40.0 Å². The van der Waals surface area contributed by atoms with Crippen molar-refractivity contribution in [2.75, 3.05) is 13.7 Å². The molecule has 1 unspecified atom stereocenters. The fourth-order valence-electron chi connectivity index (χ4n) is 1.28. The van der Waals surface area contributed by atoms with Crippen LogP contribution in [0.3, 0.4) is 0 Å². The van der Waals surface area contributed by atoms with E-state index >= 15 is 0 Å². The zero-order chi connectivity index (χ0) is 10.3. The molecule has 2 heteroatoms. The number of ketones is 1. The van der Waals surface area contributed by atoms with Crippen LogP contribution in [-0.4, -0.2) is 19.5 Å². The Hall–Kier alpha value is -0.370. The molecule has 0 aliphatic carbocycles.